The van der Waals surface area contributed by atoms with Crippen LogP contribution in [0.15, 0.2) is 53.4 Å². The molecule has 2 aromatic carbocycles. The number of ether oxygens (including phenoxy) is 2. The lowest BCUT2D eigenvalue weighted by Gasteiger charge is -2.34. The molecule has 1 atom stereocenters. The number of hydrogen-bond donors (Lipinski definition) is 0. The van der Waals surface area contributed by atoms with E-state index in [4.69, 9.17) is 9.47 Å². The smallest absolute Gasteiger partial charge is 0.133 e. The van der Waals surface area contributed by atoms with Crippen molar-refractivity contribution < 1.29 is 9.47 Å². The Balaban J connectivity index is 1.28. The first kappa shape index (κ1) is 19.8. The molecule has 0 amide bonds. The normalized spacial score (nSPS) is 19.2. The van der Waals surface area contributed by atoms with E-state index >= 15 is 0 Å². The fourth-order valence-corrected chi connectivity index (χ4v) is 5.43. The van der Waals surface area contributed by atoms with Gasteiger partial charge in [-0.05, 0) is 67.6 Å². The van der Waals surface area contributed by atoms with E-state index in [2.05, 4.69) is 53.4 Å². The van der Waals surface area contributed by atoms with Crippen LogP contribution in [0.25, 0.3) is 0 Å². The van der Waals surface area contributed by atoms with Gasteiger partial charge >= 0.3 is 0 Å². The van der Waals surface area contributed by atoms with Crippen molar-refractivity contribution in [2.75, 3.05) is 39.1 Å². The molecule has 1 saturated heterocycles. The SMILES string of the molecule is COC(COc1cccc2c1SCCC2)CN1CCC(c2ccccc2)CC1. The van der Waals surface area contributed by atoms with Gasteiger partial charge in [0.2, 0.25) is 0 Å². The van der Waals surface area contributed by atoms with Crippen LogP contribution in [-0.4, -0.2) is 50.1 Å². The van der Waals surface area contributed by atoms with Crippen molar-refractivity contribution in [2.24, 2.45) is 0 Å². The lowest BCUT2D eigenvalue weighted by atomic mass is 9.89. The van der Waals surface area contributed by atoms with Gasteiger partial charge in [-0.2, -0.15) is 0 Å². The number of methoxy groups -OCH3 is 1. The zero-order chi connectivity index (χ0) is 19.2. The molecule has 2 aromatic rings. The number of aryl methyl sites for hydroxylation is 1. The fourth-order valence-electron chi connectivity index (χ4n) is 4.31. The van der Waals surface area contributed by atoms with E-state index in [0.29, 0.717) is 12.5 Å². The predicted molar refractivity (Wildman–Crippen MR) is 117 cm³/mol. The van der Waals surface area contributed by atoms with Gasteiger partial charge in [-0.15, -0.1) is 11.8 Å². The Morgan fingerprint density at radius 2 is 1.89 bits per heavy atom. The van der Waals surface area contributed by atoms with Crippen molar-refractivity contribution in [1.82, 2.24) is 4.90 Å². The molecule has 0 saturated carbocycles. The zero-order valence-electron chi connectivity index (χ0n) is 16.8. The van der Waals surface area contributed by atoms with Crippen LogP contribution in [0.3, 0.4) is 0 Å². The van der Waals surface area contributed by atoms with Gasteiger partial charge < -0.3 is 14.4 Å². The highest BCUT2D eigenvalue weighted by Crippen LogP contribution is 2.37. The van der Waals surface area contributed by atoms with E-state index in [9.17, 15) is 0 Å². The third-order valence-corrected chi connectivity index (χ3v) is 7.22. The molecule has 0 aliphatic carbocycles. The van der Waals surface area contributed by atoms with E-state index in [-0.39, 0.29) is 6.10 Å². The van der Waals surface area contributed by atoms with Gasteiger partial charge in [0.05, 0.1) is 4.90 Å². The summed E-state index contributed by atoms with van der Waals surface area (Å²) in [6, 6.07) is 17.4. The third kappa shape index (κ3) is 4.91. The van der Waals surface area contributed by atoms with Crippen LogP contribution >= 0.6 is 11.8 Å². The van der Waals surface area contributed by atoms with Crippen LogP contribution in [0.1, 0.15) is 36.3 Å². The number of nitrogens with zero attached hydrogens (tertiary/aromatic N) is 1. The van der Waals surface area contributed by atoms with Gasteiger partial charge in [0.15, 0.2) is 0 Å². The number of piperidine rings is 1. The first-order valence-electron chi connectivity index (χ1n) is 10.5. The van der Waals surface area contributed by atoms with Gasteiger partial charge in [-0.25, -0.2) is 0 Å². The van der Waals surface area contributed by atoms with Crippen LogP contribution in [-0.2, 0) is 11.2 Å². The molecule has 28 heavy (non-hydrogen) atoms. The summed E-state index contributed by atoms with van der Waals surface area (Å²) in [5.74, 6) is 2.92. The molecule has 2 aliphatic heterocycles. The molecule has 4 heteroatoms. The minimum Gasteiger partial charge on any atom is -0.490 e. The monoisotopic (exact) mass is 397 g/mol. The van der Waals surface area contributed by atoms with E-state index in [1.807, 2.05) is 11.8 Å². The molecular formula is C24H31NO2S. The maximum atomic E-state index is 6.22. The summed E-state index contributed by atoms with van der Waals surface area (Å²) in [4.78, 5) is 3.87. The summed E-state index contributed by atoms with van der Waals surface area (Å²) in [6.07, 6.45) is 5.00. The molecule has 0 aromatic heterocycles. The Bertz CT molecular complexity index is 744. The van der Waals surface area contributed by atoms with Gasteiger partial charge in [-0.1, -0.05) is 42.5 Å². The van der Waals surface area contributed by atoms with Crippen LogP contribution in [0.2, 0.25) is 0 Å². The Hall–Kier alpha value is -1.49. The molecule has 1 fully saturated rings. The lowest BCUT2D eigenvalue weighted by molar-refractivity contribution is 0.0230. The second-order valence-corrected chi connectivity index (χ2v) is 8.96. The minimum atomic E-state index is 0.109. The van der Waals surface area contributed by atoms with Gasteiger partial charge in [0.25, 0.3) is 0 Å². The van der Waals surface area contributed by atoms with Crippen molar-refractivity contribution in [2.45, 2.75) is 42.6 Å². The quantitative estimate of drug-likeness (QED) is 0.655. The summed E-state index contributed by atoms with van der Waals surface area (Å²) in [5, 5.41) is 0. The Labute approximate surface area is 173 Å². The molecule has 3 nitrogen and oxygen atoms in total. The molecule has 0 bridgehead atoms. The second-order valence-electron chi connectivity index (χ2n) is 7.85. The van der Waals surface area contributed by atoms with E-state index in [1.165, 1.54) is 47.5 Å². The number of hydrogen-bond acceptors (Lipinski definition) is 4. The second kappa shape index (κ2) is 9.82. The van der Waals surface area contributed by atoms with Gasteiger partial charge in [0, 0.05) is 13.7 Å². The van der Waals surface area contributed by atoms with Crippen LogP contribution in [0, 0.1) is 0 Å². The molecule has 2 heterocycles. The molecule has 4 rings (SSSR count). The Kier molecular flexibility index (Phi) is 6.95. The van der Waals surface area contributed by atoms with E-state index < -0.39 is 0 Å². The summed E-state index contributed by atoms with van der Waals surface area (Å²) in [6.45, 7) is 3.83. The first-order valence-corrected chi connectivity index (χ1v) is 11.5. The Morgan fingerprint density at radius 3 is 2.68 bits per heavy atom. The molecule has 0 radical (unpaired) electrons. The third-order valence-electron chi connectivity index (χ3n) is 5.98. The van der Waals surface area contributed by atoms with E-state index in [0.717, 1.165) is 25.4 Å². The number of benzene rings is 2. The fraction of sp³-hybridized carbons (Fsp3) is 0.500. The molecule has 0 N–H and O–H groups in total. The highest BCUT2D eigenvalue weighted by molar-refractivity contribution is 7.99. The average Bonchev–Trinajstić information content (AvgIpc) is 2.77. The topological polar surface area (TPSA) is 21.7 Å². The van der Waals surface area contributed by atoms with Gasteiger partial charge in [-0.3, -0.25) is 0 Å². The maximum absolute atomic E-state index is 6.22. The number of rotatable bonds is 7. The number of fused-ring (bicyclic) bond motifs is 1. The molecule has 1 unspecified atom stereocenters. The molecule has 0 spiro atoms. The number of thioether (sulfide) groups is 1. The van der Waals surface area contributed by atoms with Crippen molar-refractivity contribution in [3.05, 3.63) is 59.7 Å². The predicted octanol–water partition coefficient (Wildman–Crippen LogP) is 5.00. The van der Waals surface area contributed by atoms with E-state index in [1.54, 1.807) is 7.11 Å². The summed E-state index contributed by atoms with van der Waals surface area (Å²) < 4.78 is 12.0. The van der Waals surface area contributed by atoms with Crippen LogP contribution < -0.4 is 4.74 Å². The largest absolute Gasteiger partial charge is 0.490 e. The molecule has 150 valence electrons. The minimum absolute atomic E-state index is 0.109. The lowest BCUT2D eigenvalue weighted by Crippen LogP contribution is -2.41. The number of likely N-dealkylation sites (tertiary alicyclic amines) is 1. The molecular weight excluding hydrogens is 366 g/mol. The standard InChI is InChI=1S/C24H31NO2S/c1-26-22(18-27-23-11-5-9-21-10-6-16-28-24(21)23)17-25-14-12-20(13-15-25)19-7-3-2-4-8-19/h2-5,7-9,11,20,22H,6,10,12-18H2,1H3. The zero-order valence-corrected chi connectivity index (χ0v) is 17.6. The van der Waals surface area contributed by atoms with Crippen molar-refractivity contribution in [1.29, 1.82) is 0 Å². The maximum Gasteiger partial charge on any atom is 0.133 e. The van der Waals surface area contributed by atoms with Crippen molar-refractivity contribution >= 4 is 11.8 Å². The van der Waals surface area contributed by atoms with Crippen molar-refractivity contribution in [3.63, 3.8) is 0 Å². The summed E-state index contributed by atoms with van der Waals surface area (Å²) in [7, 11) is 1.81. The molecule has 2 aliphatic rings. The summed E-state index contributed by atoms with van der Waals surface area (Å²) in [5.41, 5.74) is 2.92. The Morgan fingerprint density at radius 1 is 1.07 bits per heavy atom. The highest BCUT2D eigenvalue weighted by Gasteiger charge is 2.23. The highest BCUT2D eigenvalue weighted by atomic mass is 32.2. The van der Waals surface area contributed by atoms with Crippen molar-refractivity contribution in [3.8, 4) is 5.75 Å². The average molecular weight is 398 g/mol. The van der Waals surface area contributed by atoms with Gasteiger partial charge in [0.1, 0.15) is 18.5 Å². The summed E-state index contributed by atoms with van der Waals surface area (Å²) >= 11 is 1.93. The first-order chi connectivity index (χ1) is 13.8. The van der Waals surface area contributed by atoms with Crippen LogP contribution in [0.4, 0.5) is 0 Å². The van der Waals surface area contributed by atoms with Crippen LogP contribution in [0.5, 0.6) is 5.75 Å².